The van der Waals surface area contributed by atoms with Crippen molar-refractivity contribution in [1.82, 2.24) is 4.57 Å². The van der Waals surface area contributed by atoms with E-state index in [0.717, 1.165) is 0 Å². The van der Waals surface area contributed by atoms with E-state index in [1.807, 2.05) is 13.8 Å². The highest BCUT2D eigenvalue weighted by atomic mass is 79.9. The molecule has 1 amide bonds. The molecule has 1 aromatic carbocycles. The zero-order chi connectivity index (χ0) is 14.9. The minimum absolute atomic E-state index is 0.111. The maximum atomic E-state index is 13.0. The second kappa shape index (κ2) is 5.97. The number of halogens is 3. The zero-order valence-electron chi connectivity index (χ0n) is 11.0. The highest BCUT2D eigenvalue weighted by Crippen LogP contribution is 2.25. The number of hydrogen-bond donors (Lipinski definition) is 1. The van der Waals surface area contributed by atoms with Crippen LogP contribution < -0.4 is 5.32 Å². The lowest BCUT2D eigenvalue weighted by atomic mass is 10.3. The number of nitrogens with one attached hydrogen (secondary N) is 1. The summed E-state index contributed by atoms with van der Waals surface area (Å²) in [5.41, 5.74) is 0.963. The summed E-state index contributed by atoms with van der Waals surface area (Å²) >= 11 is 9.16. The van der Waals surface area contributed by atoms with Crippen LogP contribution >= 0.6 is 27.5 Å². The Morgan fingerprint density at radius 1 is 1.40 bits per heavy atom. The summed E-state index contributed by atoms with van der Waals surface area (Å²) in [5, 5.41) is 3.23. The van der Waals surface area contributed by atoms with Gasteiger partial charge in [-0.2, -0.15) is 0 Å². The minimum Gasteiger partial charge on any atom is -0.339 e. The lowest BCUT2D eigenvalue weighted by molar-refractivity contribution is 0.101. The van der Waals surface area contributed by atoms with Gasteiger partial charge in [-0.15, -0.1) is 0 Å². The van der Waals surface area contributed by atoms with E-state index in [1.165, 1.54) is 18.2 Å². The SMILES string of the molecule is CC(C)n1cc(Cl)cc1C(=O)Nc1ccc(F)cc1Br. The molecule has 0 radical (unpaired) electrons. The average Bonchev–Trinajstić information content (AvgIpc) is 2.75. The normalized spacial score (nSPS) is 10.9. The van der Waals surface area contributed by atoms with Crippen molar-refractivity contribution in [3.8, 4) is 0 Å². The number of benzene rings is 1. The Kier molecular flexibility index (Phi) is 4.50. The van der Waals surface area contributed by atoms with E-state index < -0.39 is 0 Å². The fourth-order valence-corrected chi connectivity index (χ4v) is 2.49. The number of aromatic nitrogens is 1. The minimum atomic E-state index is -0.372. The first-order valence-electron chi connectivity index (χ1n) is 6.02. The van der Waals surface area contributed by atoms with Gasteiger partial charge < -0.3 is 9.88 Å². The summed E-state index contributed by atoms with van der Waals surface area (Å²) in [5.74, 6) is -0.665. The number of amides is 1. The van der Waals surface area contributed by atoms with Crippen LogP contribution in [0.2, 0.25) is 5.02 Å². The summed E-state index contributed by atoms with van der Waals surface area (Å²) < 4.78 is 15.3. The lowest BCUT2D eigenvalue weighted by Gasteiger charge is -2.13. The van der Waals surface area contributed by atoms with Crippen LogP contribution in [0.3, 0.4) is 0 Å². The molecule has 0 saturated carbocycles. The molecule has 6 heteroatoms. The van der Waals surface area contributed by atoms with Gasteiger partial charge in [0.2, 0.25) is 0 Å². The van der Waals surface area contributed by atoms with Gasteiger partial charge >= 0.3 is 0 Å². The third kappa shape index (κ3) is 3.22. The monoisotopic (exact) mass is 358 g/mol. The number of carbonyl (C=O) groups excluding carboxylic acids is 1. The van der Waals surface area contributed by atoms with E-state index in [2.05, 4.69) is 21.2 Å². The van der Waals surface area contributed by atoms with Crippen LogP contribution in [0.25, 0.3) is 0 Å². The maximum absolute atomic E-state index is 13.0. The Morgan fingerprint density at radius 3 is 2.70 bits per heavy atom. The highest BCUT2D eigenvalue weighted by molar-refractivity contribution is 9.10. The first-order valence-corrected chi connectivity index (χ1v) is 7.19. The number of nitrogens with zero attached hydrogens (tertiary/aromatic N) is 1. The molecule has 0 spiro atoms. The molecule has 3 nitrogen and oxygen atoms in total. The third-order valence-corrected chi connectivity index (χ3v) is 3.65. The molecule has 106 valence electrons. The molecule has 0 aliphatic rings. The smallest absolute Gasteiger partial charge is 0.272 e. The van der Waals surface area contributed by atoms with E-state index in [1.54, 1.807) is 16.8 Å². The average molecular weight is 360 g/mol. The molecule has 0 fully saturated rings. The van der Waals surface area contributed by atoms with Gasteiger partial charge in [-0.25, -0.2) is 4.39 Å². The van der Waals surface area contributed by atoms with Gasteiger partial charge in [0.15, 0.2) is 0 Å². The Balaban J connectivity index is 2.28. The predicted octanol–water partition coefficient (Wildman–Crippen LogP) is 4.88. The molecule has 0 atom stereocenters. The van der Waals surface area contributed by atoms with Crippen molar-refractivity contribution < 1.29 is 9.18 Å². The fourth-order valence-electron chi connectivity index (χ4n) is 1.83. The molecule has 0 aliphatic heterocycles. The number of hydrogen-bond acceptors (Lipinski definition) is 1. The molecule has 1 aromatic heterocycles. The van der Waals surface area contributed by atoms with Crippen LogP contribution in [0.1, 0.15) is 30.4 Å². The van der Waals surface area contributed by atoms with Gasteiger partial charge in [-0.1, -0.05) is 11.6 Å². The van der Waals surface area contributed by atoms with Crippen LogP contribution in [0, 0.1) is 5.82 Å². The third-order valence-electron chi connectivity index (χ3n) is 2.78. The second-order valence-corrected chi connectivity index (χ2v) is 5.91. The first kappa shape index (κ1) is 15.1. The van der Waals surface area contributed by atoms with Crippen LogP contribution in [0.5, 0.6) is 0 Å². The Labute approximate surface area is 129 Å². The van der Waals surface area contributed by atoms with Gasteiger partial charge in [-0.05, 0) is 54.0 Å². The van der Waals surface area contributed by atoms with E-state index in [4.69, 9.17) is 11.6 Å². The number of rotatable bonds is 3. The van der Waals surface area contributed by atoms with Gasteiger partial charge in [0.25, 0.3) is 5.91 Å². The quantitative estimate of drug-likeness (QED) is 0.833. The molecule has 0 saturated heterocycles. The highest BCUT2D eigenvalue weighted by Gasteiger charge is 2.16. The van der Waals surface area contributed by atoms with Crippen molar-refractivity contribution in [2.75, 3.05) is 5.32 Å². The van der Waals surface area contributed by atoms with E-state index >= 15 is 0 Å². The summed E-state index contributed by atoms with van der Waals surface area (Å²) in [4.78, 5) is 12.3. The molecule has 2 rings (SSSR count). The molecule has 0 aliphatic carbocycles. The first-order chi connectivity index (χ1) is 9.38. The summed E-state index contributed by atoms with van der Waals surface area (Å²) in [6, 6.07) is 5.80. The van der Waals surface area contributed by atoms with Crippen molar-refractivity contribution in [3.63, 3.8) is 0 Å². The van der Waals surface area contributed by atoms with Crippen LogP contribution in [0.4, 0.5) is 10.1 Å². The Hall–Kier alpha value is -1.33. The fraction of sp³-hybridized carbons (Fsp3) is 0.214. The molecule has 0 unspecified atom stereocenters. The topological polar surface area (TPSA) is 34.0 Å². The molecular formula is C14H13BrClFN2O. The number of carbonyl (C=O) groups is 1. The van der Waals surface area contributed by atoms with Gasteiger partial charge in [0.1, 0.15) is 11.5 Å². The van der Waals surface area contributed by atoms with Crippen molar-refractivity contribution in [1.29, 1.82) is 0 Å². The van der Waals surface area contributed by atoms with Crippen molar-refractivity contribution in [2.24, 2.45) is 0 Å². The molecule has 1 heterocycles. The predicted molar refractivity (Wildman–Crippen MR) is 81.9 cm³/mol. The zero-order valence-corrected chi connectivity index (χ0v) is 13.3. The van der Waals surface area contributed by atoms with Crippen LogP contribution in [-0.4, -0.2) is 10.5 Å². The van der Waals surface area contributed by atoms with Gasteiger partial charge in [-0.3, -0.25) is 4.79 Å². The summed E-state index contributed by atoms with van der Waals surface area (Å²) in [6.45, 7) is 3.92. The van der Waals surface area contributed by atoms with E-state index in [0.29, 0.717) is 20.9 Å². The Morgan fingerprint density at radius 2 is 2.10 bits per heavy atom. The standard InChI is InChI=1S/C14H13BrClFN2O/c1-8(2)19-7-9(16)5-13(19)14(20)18-12-4-3-10(17)6-11(12)15/h3-8H,1-2H3,(H,18,20). The van der Waals surface area contributed by atoms with E-state index in [-0.39, 0.29) is 17.8 Å². The van der Waals surface area contributed by atoms with Crippen LogP contribution in [0.15, 0.2) is 34.9 Å². The molecule has 20 heavy (non-hydrogen) atoms. The largest absolute Gasteiger partial charge is 0.339 e. The summed E-state index contributed by atoms with van der Waals surface area (Å²) in [7, 11) is 0. The summed E-state index contributed by atoms with van der Waals surface area (Å²) in [6.07, 6.45) is 1.71. The lowest BCUT2D eigenvalue weighted by Crippen LogP contribution is -2.18. The molecule has 1 N–H and O–H groups in total. The van der Waals surface area contributed by atoms with Crippen LogP contribution in [-0.2, 0) is 0 Å². The second-order valence-electron chi connectivity index (χ2n) is 4.62. The Bertz CT molecular complexity index is 655. The molecule has 2 aromatic rings. The maximum Gasteiger partial charge on any atom is 0.272 e. The van der Waals surface area contributed by atoms with Gasteiger partial charge in [0.05, 0.1) is 10.7 Å². The van der Waals surface area contributed by atoms with E-state index in [9.17, 15) is 9.18 Å². The number of anilines is 1. The van der Waals surface area contributed by atoms with Gasteiger partial charge in [0, 0.05) is 16.7 Å². The molecular weight excluding hydrogens is 347 g/mol. The van der Waals surface area contributed by atoms with Crippen molar-refractivity contribution in [2.45, 2.75) is 19.9 Å². The van der Waals surface area contributed by atoms with Crippen molar-refractivity contribution >= 4 is 39.1 Å². The molecule has 0 bridgehead atoms. The van der Waals surface area contributed by atoms with Crippen molar-refractivity contribution in [3.05, 3.63) is 51.5 Å².